The van der Waals surface area contributed by atoms with Gasteiger partial charge in [-0.05, 0) is 78.4 Å². The standard InChI is InChI=1S/C66H104O25/c1-10-13-21-29-42-30-25-18-16-15-17-19-26-32-43(67)85-58-51(75)53(38(7)81-65(58)90-57-49(73)47(71)37(6)79-64(57)83-42)88-66-60(86-44(68)31-22-14-11-2)59(91-62-50(74)48(72)46(70)36(5)78-62)55(40(9)82-66)89-63-52(76)56(54(39(8)80-63)87-61(77)35(4)12-3)84-45(69)34-33-41-27-23-20-24-28-41/h20,23-24,27-28,33-40,42,46-60,62-66,70-76H,10-19,21-22,25-26,29-32H2,1-9H3/b34-33+/t35-,36-,37+,38-,39-,40-,42-,46-,47-,48+,49-,50+,51+,52+,53-,54-,55-,56-,57+,58+,59+,60+,62-,63-,64-,65-,66-/m0/s1. The van der Waals surface area contributed by atoms with Crippen molar-refractivity contribution in [2.24, 2.45) is 5.92 Å². The predicted octanol–water partition coefficient (Wildman–Crippen LogP) is 5.25. The number of unbranched alkanes of at least 4 members (excludes halogenated alkanes) is 4. The van der Waals surface area contributed by atoms with E-state index in [1.54, 1.807) is 51.1 Å². The van der Waals surface area contributed by atoms with Crippen LogP contribution in [-0.4, -0.2) is 219 Å². The molecule has 0 unspecified atom stereocenters. The summed E-state index contributed by atoms with van der Waals surface area (Å²) >= 11 is 0. The first-order valence-electron chi connectivity index (χ1n) is 33.4. The molecular formula is C66H104O25. The van der Waals surface area contributed by atoms with Gasteiger partial charge < -0.3 is 102 Å². The Balaban J connectivity index is 1.24. The summed E-state index contributed by atoms with van der Waals surface area (Å²) in [6.07, 6.45) is -24.3. The second-order valence-electron chi connectivity index (χ2n) is 25.4. The number of carbonyl (C=O) groups is 4. The zero-order chi connectivity index (χ0) is 66.1. The quantitative estimate of drug-likeness (QED) is 0.0357. The van der Waals surface area contributed by atoms with E-state index in [4.69, 9.17) is 66.3 Å². The highest BCUT2D eigenvalue weighted by Crippen LogP contribution is 2.40. The van der Waals surface area contributed by atoms with Gasteiger partial charge in [-0.1, -0.05) is 129 Å². The van der Waals surface area contributed by atoms with Crippen molar-refractivity contribution in [3.05, 3.63) is 42.0 Å². The third-order valence-electron chi connectivity index (χ3n) is 18.1. The summed E-state index contributed by atoms with van der Waals surface area (Å²) in [7, 11) is 0. The molecular weight excluding hydrogens is 1190 g/mol. The Morgan fingerprint density at radius 1 is 0.527 bits per heavy atom. The van der Waals surface area contributed by atoms with Crippen LogP contribution in [0.4, 0.5) is 0 Å². The van der Waals surface area contributed by atoms with Crippen molar-refractivity contribution in [1.29, 1.82) is 0 Å². The lowest BCUT2D eigenvalue weighted by molar-refractivity contribution is -0.399. The minimum absolute atomic E-state index is 0.0384. The van der Waals surface area contributed by atoms with Crippen LogP contribution in [0.15, 0.2) is 36.4 Å². The number of fused-ring (bicyclic) bond motifs is 2. The number of hydrogen-bond acceptors (Lipinski definition) is 25. The van der Waals surface area contributed by atoms with E-state index in [1.807, 2.05) is 6.92 Å². The van der Waals surface area contributed by atoms with E-state index in [-0.39, 0.29) is 18.9 Å². The fraction of sp³-hybridized carbons (Fsp3) is 0.818. The molecule has 6 heterocycles. The van der Waals surface area contributed by atoms with Crippen molar-refractivity contribution in [1.82, 2.24) is 0 Å². The molecule has 0 bridgehead atoms. The SMILES string of the molecule is CCCCCC(=O)O[C@H]1[C@H](O[C@@H]2[C@@H](O)[C@H]3OC(=O)CCCCCCCCC[C@H](CCCCC)O[C@@H]4O[C@H](C)[C@H](O)[C@H](O)[C@H]4O[C@@H]3O[C@H]2C)O[C@@H](C)[C@H](O[C@@H]2O[C@@H](C)[C@H](OC(=O)[C@@H](C)CC)[C@@H](OC(=O)/C=C/c3ccccc3)[C@H]2O)[C@H]1O[C@@H]1O[C@@H](C)[C@H](O)[C@@H](O)[C@H]1O. The summed E-state index contributed by atoms with van der Waals surface area (Å²) in [5.74, 6) is -3.66. The Kier molecular flexibility index (Phi) is 29.8. The highest BCUT2D eigenvalue weighted by molar-refractivity contribution is 5.87. The summed E-state index contributed by atoms with van der Waals surface area (Å²) in [6, 6.07) is 8.87. The lowest BCUT2D eigenvalue weighted by atomic mass is 9.95. The van der Waals surface area contributed by atoms with Crippen LogP contribution in [0.5, 0.6) is 0 Å². The number of esters is 4. The Morgan fingerprint density at radius 2 is 1.10 bits per heavy atom. The van der Waals surface area contributed by atoms with E-state index in [9.17, 15) is 54.9 Å². The molecule has 91 heavy (non-hydrogen) atoms. The summed E-state index contributed by atoms with van der Waals surface area (Å²) in [6.45, 7) is 15.1. The molecule has 1 aromatic rings. The molecule has 25 heteroatoms. The number of rotatable bonds is 21. The molecule has 6 fully saturated rings. The van der Waals surface area contributed by atoms with Crippen LogP contribution >= 0.6 is 0 Å². The van der Waals surface area contributed by atoms with Crippen molar-refractivity contribution in [2.75, 3.05) is 0 Å². The van der Waals surface area contributed by atoms with E-state index in [0.717, 1.165) is 70.3 Å². The lowest BCUT2D eigenvalue weighted by Gasteiger charge is -2.51. The maximum absolute atomic E-state index is 14.2. The summed E-state index contributed by atoms with van der Waals surface area (Å²) in [5.41, 5.74) is 0.663. The third kappa shape index (κ3) is 20.4. The molecule has 0 aliphatic carbocycles. The number of ether oxygens (including phenoxy) is 14. The average molecular weight is 1300 g/mol. The Labute approximate surface area is 534 Å². The van der Waals surface area contributed by atoms with Gasteiger partial charge in [-0.3, -0.25) is 14.4 Å². The first-order chi connectivity index (χ1) is 43.5. The molecule has 0 spiro atoms. The van der Waals surface area contributed by atoms with Gasteiger partial charge >= 0.3 is 23.9 Å². The summed E-state index contributed by atoms with van der Waals surface area (Å²) in [5, 5.41) is 81.5. The summed E-state index contributed by atoms with van der Waals surface area (Å²) < 4.78 is 89.0. The monoisotopic (exact) mass is 1300 g/mol. The van der Waals surface area contributed by atoms with Gasteiger partial charge in [0.1, 0.15) is 67.1 Å². The van der Waals surface area contributed by atoms with Crippen molar-refractivity contribution >= 4 is 30.0 Å². The minimum Gasteiger partial charge on any atom is -0.455 e. The molecule has 0 aromatic heterocycles. The molecule has 0 radical (unpaired) electrons. The van der Waals surface area contributed by atoms with Gasteiger partial charge in [0, 0.05) is 18.9 Å². The van der Waals surface area contributed by atoms with Crippen molar-refractivity contribution in [3.8, 4) is 0 Å². The molecule has 0 amide bonds. The first kappa shape index (κ1) is 74.6. The number of aliphatic hydroxyl groups is 7. The topological polar surface area (TPSA) is 339 Å². The Bertz CT molecular complexity index is 2380. The fourth-order valence-electron chi connectivity index (χ4n) is 12.2. The molecule has 27 atom stereocenters. The molecule has 7 N–H and O–H groups in total. The molecule has 25 nitrogen and oxygen atoms in total. The Hall–Kier alpha value is -3.84. The zero-order valence-electron chi connectivity index (χ0n) is 54.3. The highest BCUT2D eigenvalue weighted by Gasteiger charge is 2.59. The highest BCUT2D eigenvalue weighted by atomic mass is 16.8. The van der Waals surface area contributed by atoms with Crippen molar-refractivity contribution in [2.45, 2.75) is 338 Å². The number of aliphatic hydroxyl groups excluding tert-OH is 7. The van der Waals surface area contributed by atoms with Crippen LogP contribution in [0.25, 0.3) is 6.08 Å². The van der Waals surface area contributed by atoms with E-state index >= 15 is 0 Å². The molecule has 518 valence electrons. The average Bonchev–Trinajstić information content (AvgIpc) is 0.782. The van der Waals surface area contributed by atoms with E-state index < -0.39 is 183 Å². The third-order valence-corrected chi connectivity index (χ3v) is 18.1. The molecule has 6 aliphatic heterocycles. The van der Waals surface area contributed by atoms with Gasteiger partial charge in [0.05, 0.1) is 42.5 Å². The smallest absolute Gasteiger partial charge is 0.331 e. The van der Waals surface area contributed by atoms with Gasteiger partial charge in [-0.15, -0.1) is 0 Å². The van der Waals surface area contributed by atoms with E-state index in [0.29, 0.717) is 44.1 Å². The van der Waals surface area contributed by atoms with Gasteiger partial charge in [0.2, 0.25) is 0 Å². The lowest BCUT2D eigenvalue weighted by Crippen LogP contribution is -2.68. The predicted molar refractivity (Wildman–Crippen MR) is 322 cm³/mol. The Morgan fingerprint density at radius 3 is 1.80 bits per heavy atom. The van der Waals surface area contributed by atoms with Crippen LogP contribution < -0.4 is 0 Å². The van der Waals surface area contributed by atoms with Crippen LogP contribution in [0.3, 0.4) is 0 Å². The van der Waals surface area contributed by atoms with Gasteiger partial charge in [0.15, 0.2) is 55.9 Å². The first-order valence-corrected chi connectivity index (χ1v) is 33.4. The minimum atomic E-state index is -1.94. The molecule has 6 saturated heterocycles. The molecule has 7 rings (SSSR count). The molecule has 1 aromatic carbocycles. The van der Waals surface area contributed by atoms with Crippen LogP contribution in [0.1, 0.15) is 183 Å². The normalized spacial score (nSPS) is 40.3. The van der Waals surface area contributed by atoms with Gasteiger partial charge in [-0.25, -0.2) is 4.79 Å². The molecule has 0 saturated carbocycles. The number of benzene rings is 1. The van der Waals surface area contributed by atoms with Gasteiger partial charge in [-0.2, -0.15) is 0 Å². The summed E-state index contributed by atoms with van der Waals surface area (Å²) in [4.78, 5) is 55.2. The number of hydrogen-bond donors (Lipinski definition) is 7. The maximum atomic E-state index is 14.2. The second-order valence-corrected chi connectivity index (χ2v) is 25.4. The van der Waals surface area contributed by atoms with E-state index in [1.165, 1.54) is 33.8 Å². The van der Waals surface area contributed by atoms with Crippen molar-refractivity contribution < 1.29 is 121 Å². The largest absolute Gasteiger partial charge is 0.455 e. The zero-order valence-corrected chi connectivity index (χ0v) is 54.3. The van der Waals surface area contributed by atoms with Crippen LogP contribution in [0, 0.1) is 5.92 Å². The second kappa shape index (κ2) is 36.3. The maximum Gasteiger partial charge on any atom is 0.331 e. The van der Waals surface area contributed by atoms with Crippen LogP contribution in [-0.2, 0) is 85.5 Å². The van der Waals surface area contributed by atoms with Crippen molar-refractivity contribution in [3.63, 3.8) is 0 Å². The number of carbonyl (C=O) groups excluding carboxylic acids is 4. The van der Waals surface area contributed by atoms with E-state index in [2.05, 4.69) is 6.92 Å². The molecule has 6 aliphatic rings. The fourth-order valence-corrected chi connectivity index (χ4v) is 12.2. The van der Waals surface area contributed by atoms with Crippen LogP contribution in [0.2, 0.25) is 0 Å². The van der Waals surface area contributed by atoms with Gasteiger partial charge in [0.25, 0.3) is 0 Å².